The number of aliphatic hydroxyl groups is 1. The Hall–Kier alpha value is -0.690. The smallest absolute Gasteiger partial charge is 0.239 e. The van der Waals surface area contributed by atoms with Crippen LogP contribution in [0.2, 0.25) is 0 Å². The van der Waals surface area contributed by atoms with Gasteiger partial charge in [-0.05, 0) is 27.2 Å². The van der Waals surface area contributed by atoms with Gasteiger partial charge in [0.05, 0.1) is 6.10 Å². The SMILES string of the molecule is CCCCNC(=O)[C@@H]1N[C@H](C)[C@H](O)[C@H]2OC(C)(C)O[C@H]21. The predicted molar refractivity (Wildman–Crippen MR) is 74.1 cm³/mol. The Balaban J connectivity index is 2.06. The summed E-state index contributed by atoms with van der Waals surface area (Å²) in [7, 11) is 0. The molecule has 116 valence electrons. The summed E-state index contributed by atoms with van der Waals surface area (Å²) >= 11 is 0. The maximum absolute atomic E-state index is 12.3. The van der Waals surface area contributed by atoms with Gasteiger partial charge in [0, 0.05) is 12.6 Å². The Morgan fingerprint density at radius 1 is 1.35 bits per heavy atom. The highest BCUT2D eigenvalue weighted by Crippen LogP contribution is 2.35. The molecule has 6 heteroatoms. The van der Waals surface area contributed by atoms with Gasteiger partial charge in [0.1, 0.15) is 18.2 Å². The van der Waals surface area contributed by atoms with Crippen LogP contribution >= 0.6 is 0 Å². The summed E-state index contributed by atoms with van der Waals surface area (Å²) in [5, 5.41) is 16.2. The third kappa shape index (κ3) is 3.14. The summed E-state index contributed by atoms with van der Waals surface area (Å²) in [4.78, 5) is 12.3. The third-order valence-corrected chi connectivity index (χ3v) is 3.90. The minimum atomic E-state index is -0.774. The quantitative estimate of drug-likeness (QED) is 0.641. The van der Waals surface area contributed by atoms with Crippen molar-refractivity contribution in [3.8, 4) is 0 Å². The van der Waals surface area contributed by atoms with E-state index in [1.54, 1.807) is 13.8 Å². The van der Waals surface area contributed by atoms with E-state index in [2.05, 4.69) is 17.6 Å². The molecule has 0 bridgehead atoms. The Kier molecular flexibility index (Phi) is 4.69. The molecule has 2 saturated heterocycles. The lowest BCUT2D eigenvalue weighted by molar-refractivity contribution is -0.154. The van der Waals surface area contributed by atoms with Crippen LogP contribution in [0.5, 0.6) is 0 Å². The van der Waals surface area contributed by atoms with E-state index in [1.165, 1.54) is 0 Å². The highest BCUT2D eigenvalue weighted by atomic mass is 16.8. The Morgan fingerprint density at radius 3 is 2.65 bits per heavy atom. The van der Waals surface area contributed by atoms with Crippen LogP contribution in [-0.4, -0.2) is 53.7 Å². The summed E-state index contributed by atoms with van der Waals surface area (Å²) in [6, 6.07) is -0.701. The zero-order chi connectivity index (χ0) is 14.9. The molecule has 0 radical (unpaired) electrons. The van der Waals surface area contributed by atoms with Crippen molar-refractivity contribution in [3.05, 3.63) is 0 Å². The highest BCUT2D eigenvalue weighted by molar-refractivity contribution is 5.82. The average molecular weight is 286 g/mol. The minimum absolute atomic E-state index is 0.0894. The maximum atomic E-state index is 12.3. The van der Waals surface area contributed by atoms with Crippen LogP contribution in [0.15, 0.2) is 0 Å². The molecular weight excluding hydrogens is 260 g/mol. The standard InChI is InChI=1S/C14H26N2O4/c1-5-6-7-15-13(18)9-11-12(10(17)8(2)16-9)20-14(3,4)19-11/h8-12,16-17H,5-7H2,1-4H3,(H,15,18)/t8-,9-,10+,11+,12-/m1/s1. The zero-order valence-electron chi connectivity index (χ0n) is 12.7. The number of ether oxygens (including phenoxy) is 2. The molecule has 5 atom stereocenters. The molecule has 0 saturated carbocycles. The molecule has 20 heavy (non-hydrogen) atoms. The lowest BCUT2D eigenvalue weighted by Gasteiger charge is -2.38. The maximum Gasteiger partial charge on any atom is 0.239 e. The van der Waals surface area contributed by atoms with E-state index in [4.69, 9.17) is 9.47 Å². The number of rotatable bonds is 4. The van der Waals surface area contributed by atoms with Crippen molar-refractivity contribution < 1.29 is 19.4 Å². The minimum Gasteiger partial charge on any atom is -0.389 e. The van der Waals surface area contributed by atoms with Gasteiger partial charge >= 0.3 is 0 Å². The molecule has 0 aromatic rings. The second-order valence-corrected chi connectivity index (χ2v) is 6.13. The van der Waals surface area contributed by atoms with Crippen LogP contribution in [0.1, 0.15) is 40.5 Å². The number of nitrogens with one attached hydrogen (secondary N) is 2. The van der Waals surface area contributed by atoms with E-state index in [9.17, 15) is 9.90 Å². The van der Waals surface area contributed by atoms with E-state index >= 15 is 0 Å². The largest absolute Gasteiger partial charge is 0.389 e. The Bertz CT molecular complexity index is 361. The van der Waals surface area contributed by atoms with Gasteiger partial charge in [-0.25, -0.2) is 0 Å². The molecule has 2 heterocycles. The summed E-state index contributed by atoms with van der Waals surface area (Å²) < 4.78 is 11.6. The van der Waals surface area contributed by atoms with Gasteiger partial charge in [0.15, 0.2) is 5.79 Å². The molecule has 3 N–H and O–H groups in total. The molecule has 0 aromatic carbocycles. The molecule has 2 aliphatic rings. The molecule has 2 rings (SSSR count). The average Bonchev–Trinajstić information content (AvgIpc) is 2.70. The first-order valence-corrected chi connectivity index (χ1v) is 7.43. The number of carbonyl (C=O) groups is 1. The lowest BCUT2D eigenvalue weighted by Crippen LogP contribution is -2.66. The summed E-state index contributed by atoms with van der Waals surface area (Å²) in [5.41, 5.74) is 0. The normalized spacial score (nSPS) is 39.4. The molecule has 0 unspecified atom stereocenters. The van der Waals surface area contributed by atoms with E-state index in [1.807, 2.05) is 6.92 Å². The van der Waals surface area contributed by atoms with Gasteiger partial charge in [-0.3, -0.25) is 10.1 Å². The van der Waals surface area contributed by atoms with Crippen LogP contribution < -0.4 is 10.6 Å². The van der Waals surface area contributed by atoms with Crippen molar-refractivity contribution in [3.63, 3.8) is 0 Å². The molecule has 2 fully saturated rings. The first-order valence-electron chi connectivity index (χ1n) is 7.43. The number of piperidine rings is 1. The molecule has 0 aromatic heterocycles. The highest BCUT2D eigenvalue weighted by Gasteiger charge is 2.54. The monoisotopic (exact) mass is 286 g/mol. The number of amides is 1. The number of aliphatic hydroxyl groups excluding tert-OH is 1. The van der Waals surface area contributed by atoms with Crippen molar-refractivity contribution in [2.75, 3.05) is 6.54 Å². The van der Waals surface area contributed by atoms with Crippen LogP contribution in [0.3, 0.4) is 0 Å². The summed E-state index contributed by atoms with van der Waals surface area (Å²) in [6.45, 7) is 8.19. The van der Waals surface area contributed by atoms with Crippen LogP contribution in [0.4, 0.5) is 0 Å². The molecule has 0 aliphatic carbocycles. The fourth-order valence-corrected chi connectivity index (χ4v) is 2.82. The fraction of sp³-hybridized carbons (Fsp3) is 0.929. The topological polar surface area (TPSA) is 79.8 Å². The number of unbranched alkanes of at least 4 members (excludes halogenated alkanes) is 1. The third-order valence-electron chi connectivity index (χ3n) is 3.90. The van der Waals surface area contributed by atoms with Crippen LogP contribution in [-0.2, 0) is 14.3 Å². The predicted octanol–water partition coefficient (Wildman–Crippen LogP) is 0.144. The van der Waals surface area contributed by atoms with Gasteiger partial charge < -0.3 is 19.9 Å². The second-order valence-electron chi connectivity index (χ2n) is 6.13. The Morgan fingerprint density at radius 2 is 2.00 bits per heavy atom. The molecule has 6 nitrogen and oxygen atoms in total. The van der Waals surface area contributed by atoms with Crippen molar-refractivity contribution in [1.82, 2.24) is 10.6 Å². The molecular formula is C14H26N2O4. The molecule has 0 spiro atoms. The zero-order valence-corrected chi connectivity index (χ0v) is 12.7. The van der Waals surface area contributed by atoms with E-state index in [-0.39, 0.29) is 11.9 Å². The van der Waals surface area contributed by atoms with Crippen LogP contribution in [0.25, 0.3) is 0 Å². The molecule has 2 aliphatic heterocycles. The van der Waals surface area contributed by atoms with Gasteiger partial charge in [-0.1, -0.05) is 13.3 Å². The number of hydrogen-bond acceptors (Lipinski definition) is 5. The number of fused-ring (bicyclic) bond motifs is 1. The van der Waals surface area contributed by atoms with Gasteiger partial charge in [0.25, 0.3) is 0 Å². The van der Waals surface area contributed by atoms with Crippen molar-refractivity contribution in [2.24, 2.45) is 0 Å². The van der Waals surface area contributed by atoms with Crippen molar-refractivity contribution in [2.45, 2.75) is 76.7 Å². The second kappa shape index (κ2) is 5.97. The first kappa shape index (κ1) is 15.7. The summed E-state index contributed by atoms with van der Waals surface area (Å²) in [5.74, 6) is -0.863. The van der Waals surface area contributed by atoms with E-state index in [0.717, 1.165) is 12.8 Å². The van der Waals surface area contributed by atoms with Gasteiger partial charge in [-0.2, -0.15) is 0 Å². The summed E-state index contributed by atoms with van der Waals surface area (Å²) in [6.07, 6.45) is 0.377. The van der Waals surface area contributed by atoms with Crippen molar-refractivity contribution in [1.29, 1.82) is 0 Å². The first-order chi connectivity index (χ1) is 9.35. The van der Waals surface area contributed by atoms with E-state index in [0.29, 0.717) is 6.54 Å². The van der Waals surface area contributed by atoms with Gasteiger partial charge in [-0.15, -0.1) is 0 Å². The van der Waals surface area contributed by atoms with Crippen molar-refractivity contribution >= 4 is 5.91 Å². The number of carbonyl (C=O) groups excluding carboxylic acids is 1. The van der Waals surface area contributed by atoms with E-state index < -0.39 is 30.1 Å². The number of hydrogen-bond donors (Lipinski definition) is 3. The van der Waals surface area contributed by atoms with Crippen LogP contribution in [0, 0.1) is 0 Å². The fourth-order valence-electron chi connectivity index (χ4n) is 2.82. The van der Waals surface area contributed by atoms with Gasteiger partial charge in [0.2, 0.25) is 5.91 Å². The Labute approximate surface area is 120 Å². The lowest BCUT2D eigenvalue weighted by atomic mass is 9.90. The molecule has 1 amide bonds.